The summed E-state index contributed by atoms with van der Waals surface area (Å²) in [5, 5.41) is 7.99. The number of benzene rings is 2. The maximum atomic E-state index is 13.1. The number of halogens is 1. The molecule has 6 nitrogen and oxygen atoms in total. The lowest BCUT2D eigenvalue weighted by molar-refractivity contribution is -0.118. The van der Waals surface area contributed by atoms with Gasteiger partial charge in [-0.05, 0) is 63.1 Å². The minimum absolute atomic E-state index is 0.00723. The maximum absolute atomic E-state index is 13.1. The summed E-state index contributed by atoms with van der Waals surface area (Å²) in [6.07, 6.45) is 0.344. The molecule has 3 atom stereocenters. The number of nitrogens with zero attached hydrogens (tertiary/aromatic N) is 3. The van der Waals surface area contributed by atoms with Crippen molar-refractivity contribution >= 4 is 23.4 Å². The first kappa shape index (κ1) is 20.4. The van der Waals surface area contributed by atoms with E-state index in [0.29, 0.717) is 16.9 Å². The summed E-state index contributed by atoms with van der Waals surface area (Å²) in [4.78, 5) is 14.9. The average Bonchev–Trinajstić information content (AvgIpc) is 3.32. The van der Waals surface area contributed by atoms with Crippen molar-refractivity contribution in [3.05, 3.63) is 65.8 Å². The van der Waals surface area contributed by atoms with E-state index in [0.717, 1.165) is 12.1 Å². The number of carbonyl (C=O) groups excluding carboxylic acids is 1. The number of thioether (sulfide) groups is 1. The molecule has 0 radical (unpaired) electrons. The third-order valence-corrected chi connectivity index (χ3v) is 5.89. The van der Waals surface area contributed by atoms with Crippen LogP contribution in [0, 0.1) is 5.82 Å². The third kappa shape index (κ3) is 4.18. The van der Waals surface area contributed by atoms with Crippen LogP contribution in [0.3, 0.4) is 0 Å². The highest BCUT2D eigenvalue weighted by molar-refractivity contribution is 8.00. The van der Waals surface area contributed by atoms with Crippen molar-refractivity contribution in [2.45, 2.75) is 49.8 Å². The smallest absolute Gasteiger partial charge is 0.277 e. The Morgan fingerprint density at radius 3 is 2.70 bits per heavy atom. The first-order chi connectivity index (χ1) is 14.4. The minimum Gasteiger partial charge on any atom is -0.481 e. The Labute approximate surface area is 178 Å². The lowest BCUT2D eigenvalue weighted by Gasteiger charge is -2.25. The number of hydrogen-bond acceptors (Lipinski definition) is 6. The van der Waals surface area contributed by atoms with Crippen LogP contribution in [-0.4, -0.2) is 27.4 Å². The molecular formula is C22H22FN3O3S. The molecule has 1 aliphatic heterocycles. The monoisotopic (exact) mass is 427 g/mol. The number of carbonyl (C=O) groups is 1. The Hall–Kier alpha value is -2.87. The number of ether oxygens (including phenoxy) is 1. The molecule has 1 amide bonds. The molecule has 4 rings (SSSR count). The van der Waals surface area contributed by atoms with Crippen molar-refractivity contribution in [2.75, 3.05) is 4.90 Å². The molecule has 1 aliphatic rings. The molecule has 0 spiro atoms. The van der Waals surface area contributed by atoms with Crippen molar-refractivity contribution < 1.29 is 18.3 Å². The molecule has 0 N–H and O–H groups in total. The molecule has 2 heterocycles. The number of fused-ring (bicyclic) bond motifs is 1. The van der Waals surface area contributed by atoms with Gasteiger partial charge in [0, 0.05) is 11.7 Å². The van der Waals surface area contributed by atoms with E-state index in [2.05, 4.69) is 23.2 Å². The van der Waals surface area contributed by atoms with Gasteiger partial charge >= 0.3 is 0 Å². The van der Waals surface area contributed by atoms with Gasteiger partial charge in [-0.1, -0.05) is 30.0 Å². The summed E-state index contributed by atoms with van der Waals surface area (Å²) in [6.45, 7) is 5.65. The summed E-state index contributed by atoms with van der Waals surface area (Å²) < 4.78 is 24.4. The Morgan fingerprint density at radius 2 is 1.93 bits per heavy atom. The lowest BCUT2D eigenvalue weighted by atomic mass is 10.1. The molecule has 0 saturated heterocycles. The highest BCUT2D eigenvalue weighted by Crippen LogP contribution is 2.35. The molecule has 156 valence electrons. The number of rotatable bonds is 6. The maximum Gasteiger partial charge on any atom is 0.277 e. The van der Waals surface area contributed by atoms with Gasteiger partial charge in [0.05, 0.1) is 5.25 Å². The summed E-state index contributed by atoms with van der Waals surface area (Å²) in [5.74, 6) is 0.468. The molecule has 3 aromatic rings. The van der Waals surface area contributed by atoms with Gasteiger partial charge in [-0.25, -0.2) is 4.39 Å². The van der Waals surface area contributed by atoms with Crippen molar-refractivity contribution in [1.29, 1.82) is 0 Å². The zero-order valence-electron chi connectivity index (χ0n) is 16.9. The number of amides is 1. The molecule has 0 bridgehead atoms. The number of aromatic nitrogens is 2. The van der Waals surface area contributed by atoms with Crippen molar-refractivity contribution in [1.82, 2.24) is 10.2 Å². The van der Waals surface area contributed by atoms with E-state index < -0.39 is 6.10 Å². The highest BCUT2D eigenvalue weighted by atomic mass is 32.2. The van der Waals surface area contributed by atoms with Gasteiger partial charge in [-0.15, -0.1) is 10.2 Å². The van der Waals surface area contributed by atoms with Crippen LogP contribution in [0.25, 0.3) is 0 Å². The molecule has 0 aliphatic carbocycles. The Bertz CT molecular complexity index is 1040. The topological polar surface area (TPSA) is 68.5 Å². The lowest BCUT2D eigenvalue weighted by Crippen LogP contribution is -2.40. The quantitative estimate of drug-likeness (QED) is 0.526. The molecule has 2 aromatic carbocycles. The van der Waals surface area contributed by atoms with E-state index in [9.17, 15) is 9.18 Å². The van der Waals surface area contributed by atoms with Gasteiger partial charge in [0.15, 0.2) is 6.10 Å². The largest absolute Gasteiger partial charge is 0.481 e. The van der Waals surface area contributed by atoms with Crippen molar-refractivity contribution in [3.63, 3.8) is 0 Å². The molecular weight excluding hydrogens is 405 g/mol. The molecule has 1 aromatic heterocycles. The zero-order valence-corrected chi connectivity index (χ0v) is 17.7. The molecule has 0 unspecified atom stereocenters. The van der Waals surface area contributed by atoms with Crippen LogP contribution in [0.15, 0.2) is 58.2 Å². The second-order valence-corrected chi connectivity index (χ2v) is 8.56. The minimum atomic E-state index is -0.506. The standard InChI is InChI=1S/C22H22FN3O3S/c1-13-12-16-6-4-5-7-19(16)26(13)21(27)15(3)30-22-25-24-20(29-22)14(2)28-18-10-8-17(23)9-11-18/h4-11,13-15H,12H2,1-3H3/t13-,14-,15-/m0/s1. The van der Waals surface area contributed by atoms with Gasteiger partial charge in [0.25, 0.3) is 11.1 Å². The van der Waals surface area contributed by atoms with E-state index in [1.807, 2.05) is 30.0 Å². The van der Waals surface area contributed by atoms with Gasteiger partial charge in [0.2, 0.25) is 5.91 Å². The Morgan fingerprint density at radius 1 is 1.20 bits per heavy atom. The SMILES string of the molecule is C[C@H](Sc1nnc([C@H](C)Oc2ccc(F)cc2)o1)C(=O)N1c2ccccc2C[C@@H]1C. The third-order valence-electron chi connectivity index (χ3n) is 4.97. The second kappa shape index (κ2) is 8.47. The summed E-state index contributed by atoms with van der Waals surface area (Å²) in [5.41, 5.74) is 2.15. The van der Waals surface area contributed by atoms with Crippen LogP contribution in [0.5, 0.6) is 5.75 Å². The summed E-state index contributed by atoms with van der Waals surface area (Å²) >= 11 is 1.23. The fraction of sp³-hybridized carbons (Fsp3) is 0.318. The first-order valence-corrected chi connectivity index (χ1v) is 10.6. The summed E-state index contributed by atoms with van der Waals surface area (Å²) in [7, 11) is 0. The Balaban J connectivity index is 1.40. The number of para-hydroxylation sites is 1. The number of anilines is 1. The van der Waals surface area contributed by atoms with Crippen LogP contribution in [0.4, 0.5) is 10.1 Å². The fourth-order valence-corrected chi connectivity index (χ4v) is 4.24. The van der Waals surface area contributed by atoms with Crippen LogP contribution in [0.2, 0.25) is 0 Å². The van der Waals surface area contributed by atoms with Crippen molar-refractivity contribution in [2.24, 2.45) is 0 Å². The molecule has 0 saturated carbocycles. The molecule has 30 heavy (non-hydrogen) atoms. The van der Waals surface area contributed by atoms with Gasteiger partial charge in [-0.2, -0.15) is 0 Å². The highest BCUT2D eigenvalue weighted by Gasteiger charge is 2.34. The normalized spacial score (nSPS) is 17.5. The molecule has 8 heteroatoms. The Kier molecular flexibility index (Phi) is 5.76. The van der Waals surface area contributed by atoms with E-state index in [1.165, 1.54) is 41.6 Å². The van der Waals surface area contributed by atoms with Crippen LogP contribution >= 0.6 is 11.8 Å². The average molecular weight is 428 g/mol. The van der Waals surface area contributed by atoms with Gasteiger partial charge in [0.1, 0.15) is 11.6 Å². The number of hydrogen-bond donors (Lipinski definition) is 0. The fourth-order valence-electron chi connectivity index (χ4n) is 3.50. The molecule has 0 fully saturated rings. The predicted molar refractivity (Wildman–Crippen MR) is 112 cm³/mol. The zero-order chi connectivity index (χ0) is 21.3. The van der Waals surface area contributed by atoms with E-state index in [4.69, 9.17) is 9.15 Å². The van der Waals surface area contributed by atoms with Crippen LogP contribution in [0.1, 0.15) is 38.3 Å². The van der Waals surface area contributed by atoms with E-state index in [-0.39, 0.29) is 23.0 Å². The van der Waals surface area contributed by atoms with Crippen LogP contribution in [-0.2, 0) is 11.2 Å². The van der Waals surface area contributed by atoms with E-state index in [1.54, 1.807) is 6.92 Å². The predicted octanol–water partition coefficient (Wildman–Crippen LogP) is 4.81. The summed E-state index contributed by atoms with van der Waals surface area (Å²) in [6, 6.07) is 13.8. The second-order valence-electron chi connectivity index (χ2n) is 7.27. The van der Waals surface area contributed by atoms with Gasteiger partial charge in [-0.3, -0.25) is 4.79 Å². The first-order valence-electron chi connectivity index (χ1n) is 9.75. The van der Waals surface area contributed by atoms with E-state index >= 15 is 0 Å². The van der Waals surface area contributed by atoms with Crippen molar-refractivity contribution in [3.8, 4) is 5.75 Å². The van der Waals surface area contributed by atoms with Gasteiger partial charge < -0.3 is 14.1 Å². The van der Waals surface area contributed by atoms with Crippen LogP contribution < -0.4 is 9.64 Å².